The van der Waals surface area contributed by atoms with Crippen LogP contribution in [0, 0.1) is 6.20 Å². The van der Waals surface area contributed by atoms with Crippen LogP contribution in [0.2, 0.25) is 0 Å². The van der Waals surface area contributed by atoms with Gasteiger partial charge in [0, 0.05) is 0 Å². The lowest BCUT2D eigenvalue weighted by molar-refractivity contribution is -0.141. The highest BCUT2D eigenvalue weighted by Gasteiger charge is 2.32. The molecule has 0 spiro atoms. The molecule has 15 heavy (non-hydrogen) atoms. The first-order chi connectivity index (χ1) is 6.95. The number of hydrogen-bond donors (Lipinski definition) is 0. The molecule has 0 aliphatic heterocycles. The van der Waals surface area contributed by atoms with Gasteiger partial charge in [0.25, 0.3) is 0 Å². The molecule has 0 saturated carbocycles. The number of nitrogens with zero attached hydrogens (tertiary/aromatic N) is 1. The summed E-state index contributed by atoms with van der Waals surface area (Å²) in [7, 11) is 0. The topological polar surface area (TPSA) is 39.2 Å². The number of carbonyl (C=O) groups is 1. The van der Waals surface area contributed by atoms with Gasteiger partial charge in [0.15, 0.2) is 0 Å². The summed E-state index contributed by atoms with van der Waals surface area (Å²) >= 11 is 0. The second-order valence-corrected chi connectivity index (χ2v) is 2.57. The average Bonchev–Trinajstić information content (AvgIpc) is 2.17. The molecular weight excluding hydrogens is 211 g/mol. The molecule has 0 bridgehead atoms. The van der Waals surface area contributed by atoms with Crippen LogP contribution >= 0.6 is 0 Å². The van der Waals surface area contributed by atoms with Gasteiger partial charge >= 0.3 is 12.1 Å². The van der Waals surface area contributed by atoms with Crippen molar-refractivity contribution < 1.29 is 22.7 Å². The summed E-state index contributed by atoms with van der Waals surface area (Å²) in [6.07, 6.45) is -2.54. The molecule has 1 aromatic rings. The summed E-state index contributed by atoms with van der Waals surface area (Å²) in [4.78, 5) is 14.0. The van der Waals surface area contributed by atoms with Gasteiger partial charge < -0.3 is 4.74 Å². The van der Waals surface area contributed by atoms with E-state index in [1.807, 2.05) is 6.20 Å². The smallest absolute Gasteiger partial charge is 0.433 e. The number of halogens is 3. The van der Waals surface area contributed by atoms with E-state index in [4.69, 9.17) is 0 Å². The number of alkyl halides is 3. The maximum absolute atomic E-state index is 12.1. The van der Waals surface area contributed by atoms with Gasteiger partial charge in [-0.15, -0.1) is 0 Å². The molecule has 0 amide bonds. The van der Waals surface area contributed by atoms with Crippen molar-refractivity contribution in [1.82, 2.24) is 4.98 Å². The van der Waals surface area contributed by atoms with E-state index in [1.54, 1.807) is 6.92 Å². The molecule has 0 aliphatic carbocycles. The SMILES string of the molecule is CCOC(=O)c1[c]nc(C(F)(F)F)cc1. The van der Waals surface area contributed by atoms with E-state index >= 15 is 0 Å². The summed E-state index contributed by atoms with van der Waals surface area (Å²) in [5.74, 6) is -0.737. The molecule has 1 aromatic heterocycles. The van der Waals surface area contributed by atoms with Crippen LogP contribution in [0.1, 0.15) is 23.0 Å². The molecule has 0 aliphatic rings. The van der Waals surface area contributed by atoms with E-state index < -0.39 is 17.8 Å². The Morgan fingerprint density at radius 3 is 2.60 bits per heavy atom. The maximum atomic E-state index is 12.1. The number of esters is 1. The lowest BCUT2D eigenvalue weighted by Crippen LogP contribution is -2.10. The summed E-state index contributed by atoms with van der Waals surface area (Å²) in [5.41, 5.74) is -1.21. The van der Waals surface area contributed by atoms with Gasteiger partial charge in [-0.05, 0) is 19.1 Å². The molecule has 0 N–H and O–H groups in total. The number of aromatic nitrogens is 1. The van der Waals surface area contributed by atoms with Crippen LogP contribution in [0.4, 0.5) is 13.2 Å². The summed E-state index contributed by atoms with van der Waals surface area (Å²) in [6.45, 7) is 1.74. The van der Waals surface area contributed by atoms with Crippen molar-refractivity contribution in [3.05, 3.63) is 29.6 Å². The van der Waals surface area contributed by atoms with E-state index in [1.165, 1.54) is 0 Å². The molecule has 1 radical (unpaired) electrons. The Kier molecular flexibility index (Phi) is 3.28. The molecule has 6 heteroatoms. The number of rotatable bonds is 2. The summed E-state index contributed by atoms with van der Waals surface area (Å²) < 4.78 is 40.8. The highest BCUT2D eigenvalue weighted by atomic mass is 19.4. The number of carbonyl (C=O) groups excluding carboxylic acids is 1. The predicted octanol–water partition coefficient (Wildman–Crippen LogP) is 2.08. The largest absolute Gasteiger partial charge is 0.462 e. The van der Waals surface area contributed by atoms with E-state index in [9.17, 15) is 18.0 Å². The molecule has 1 heterocycles. The number of hydrogen-bond acceptors (Lipinski definition) is 3. The minimum atomic E-state index is -4.52. The Morgan fingerprint density at radius 1 is 1.53 bits per heavy atom. The molecule has 0 unspecified atom stereocenters. The first-order valence-electron chi connectivity index (χ1n) is 4.08. The Labute approximate surface area is 83.9 Å². The summed E-state index contributed by atoms with van der Waals surface area (Å²) in [6, 6.07) is 1.69. The van der Waals surface area contributed by atoms with Crippen LogP contribution in [-0.2, 0) is 10.9 Å². The third kappa shape index (κ3) is 2.93. The highest BCUT2D eigenvalue weighted by molar-refractivity contribution is 5.88. The molecule has 81 valence electrons. The monoisotopic (exact) mass is 218 g/mol. The molecular formula is C9H7F3NO2. The fourth-order valence-corrected chi connectivity index (χ4v) is 0.838. The lowest BCUT2D eigenvalue weighted by Gasteiger charge is -2.05. The molecule has 0 atom stereocenters. The second-order valence-electron chi connectivity index (χ2n) is 2.57. The summed E-state index contributed by atoms with van der Waals surface area (Å²) in [5, 5.41) is 0. The van der Waals surface area contributed by atoms with E-state index in [0.29, 0.717) is 6.07 Å². The Balaban J connectivity index is 2.86. The maximum Gasteiger partial charge on any atom is 0.433 e. The Bertz CT molecular complexity index is 345. The molecule has 0 aromatic carbocycles. The zero-order valence-electron chi connectivity index (χ0n) is 7.76. The van der Waals surface area contributed by atoms with Crippen molar-refractivity contribution in [1.29, 1.82) is 0 Å². The van der Waals surface area contributed by atoms with Gasteiger partial charge in [-0.2, -0.15) is 13.2 Å². The van der Waals surface area contributed by atoms with Crippen LogP contribution in [0.25, 0.3) is 0 Å². The lowest BCUT2D eigenvalue weighted by atomic mass is 10.2. The molecule has 3 nitrogen and oxygen atoms in total. The minimum Gasteiger partial charge on any atom is -0.462 e. The average molecular weight is 218 g/mol. The van der Waals surface area contributed by atoms with Gasteiger partial charge in [-0.1, -0.05) is 0 Å². The third-order valence-corrected chi connectivity index (χ3v) is 1.49. The molecule has 0 saturated heterocycles. The number of ether oxygens (including phenoxy) is 1. The van der Waals surface area contributed by atoms with Crippen molar-refractivity contribution in [2.45, 2.75) is 13.1 Å². The second kappa shape index (κ2) is 4.29. The minimum absolute atomic E-state index is 0.121. The van der Waals surface area contributed by atoms with Gasteiger partial charge in [0.2, 0.25) is 0 Å². The Morgan fingerprint density at radius 2 is 2.20 bits per heavy atom. The Hall–Kier alpha value is -1.59. The van der Waals surface area contributed by atoms with Gasteiger partial charge in [0.1, 0.15) is 11.9 Å². The number of pyridine rings is 1. The van der Waals surface area contributed by atoms with Crippen LogP contribution < -0.4 is 0 Å². The first kappa shape index (κ1) is 11.5. The van der Waals surface area contributed by atoms with E-state index in [0.717, 1.165) is 6.07 Å². The van der Waals surface area contributed by atoms with Gasteiger partial charge in [-0.25, -0.2) is 9.78 Å². The van der Waals surface area contributed by atoms with Crippen LogP contribution in [0.3, 0.4) is 0 Å². The van der Waals surface area contributed by atoms with Crippen molar-refractivity contribution in [3.63, 3.8) is 0 Å². The van der Waals surface area contributed by atoms with Crippen LogP contribution in [0.15, 0.2) is 12.1 Å². The zero-order valence-corrected chi connectivity index (χ0v) is 7.76. The van der Waals surface area contributed by atoms with Gasteiger partial charge in [-0.3, -0.25) is 0 Å². The van der Waals surface area contributed by atoms with Crippen LogP contribution in [-0.4, -0.2) is 17.6 Å². The van der Waals surface area contributed by atoms with Gasteiger partial charge in [0.05, 0.1) is 12.2 Å². The van der Waals surface area contributed by atoms with Crippen molar-refractivity contribution in [2.75, 3.05) is 6.61 Å². The standard InChI is InChI=1S/C9H7F3NO2/c1-2-15-8(14)6-3-4-7(13-5-6)9(10,11)12/h3-4H,2H2,1H3. The fourth-order valence-electron chi connectivity index (χ4n) is 0.838. The van der Waals surface area contributed by atoms with Crippen molar-refractivity contribution in [3.8, 4) is 0 Å². The van der Waals surface area contributed by atoms with E-state index in [-0.39, 0.29) is 12.2 Å². The van der Waals surface area contributed by atoms with Crippen molar-refractivity contribution >= 4 is 5.97 Å². The predicted molar refractivity (Wildman–Crippen MR) is 44.0 cm³/mol. The molecule has 0 fully saturated rings. The van der Waals surface area contributed by atoms with Crippen LogP contribution in [0.5, 0.6) is 0 Å². The normalized spacial score (nSPS) is 11.2. The van der Waals surface area contributed by atoms with E-state index in [2.05, 4.69) is 9.72 Å². The zero-order chi connectivity index (χ0) is 11.5. The third-order valence-electron chi connectivity index (χ3n) is 1.49. The quantitative estimate of drug-likeness (QED) is 0.713. The highest BCUT2D eigenvalue weighted by Crippen LogP contribution is 2.27. The fraction of sp³-hybridized carbons (Fsp3) is 0.333. The molecule has 1 rings (SSSR count). The van der Waals surface area contributed by atoms with Crippen molar-refractivity contribution in [2.24, 2.45) is 0 Å². The first-order valence-corrected chi connectivity index (χ1v) is 4.08.